The molecule has 2 atom stereocenters. The second kappa shape index (κ2) is 9.83. The van der Waals surface area contributed by atoms with E-state index in [1.807, 2.05) is 60.3 Å². The van der Waals surface area contributed by atoms with Gasteiger partial charge in [0.25, 0.3) is 0 Å². The number of amides is 1. The lowest BCUT2D eigenvalue weighted by atomic mass is 9.85. The molecule has 2 N–H and O–H groups in total. The number of hydrogen-bond acceptors (Lipinski definition) is 4. The van der Waals surface area contributed by atoms with E-state index in [-0.39, 0.29) is 30.0 Å². The maximum atomic E-state index is 12.8. The third-order valence-corrected chi connectivity index (χ3v) is 7.86. The summed E-state index contributed by atoms with van der Waals surface area (Å²) in [6.45, 7) is 1.98. The van der Waals surface area contributed by atoms with Gasteiger partial charge in [-0.25, -0.2) is 13.1 Å². The van der Waals surface area contributed by atoms with Gasteiger partial charge in [0.15, 0.2) is 0 Å². The van der Waals surface area contributed by atoms with Gasteiger partial charge in [-0.05, 0) is 56.7 Å². The van der Waals surface area contributed by atoms with Crippen LogP contribution in [0.15, 0.2) is 71.9 Å². The van der Waals surface area contributed by atoms with Gasteiger partial charge in [-0.3, -0.25) is 9.48 Å². The van der Waals surface area contributed by atoms with Crippen molar-refractivity contribution in [3.8, 4) is 0 Å². The molecule has 4 rings (SSSR count). The molecule has 1 fully saturated rings. The third-order valence-electron chi connectivity index (χ3n) is 6.30. The third kappa shape index (κ3) is 5.37. The van der Waals surface area contributed by atoms with Crippen LogP contribution < -0.4 is 10.0 Å². The van der Waals surface area contributed by atoms with Gasteiger partial charge in [-0.15, -0.1) is 0 Å². The predicted octanol–water partition coefficient (Wildman–Crippen LogP) is 3.62. The molecule has 2 aliphatic carbocycles. The summed E-state index contributed by atoms with van der Waals surface area (Å²) < 4.78 is 30.3. The number of hydrogen-bond donors (Lipinski definition) is 2. The van der Waals surface area contributed by atoms with Crippen molar-refractivity contribution in [1.82, 2.24) is 19.8 Å². The summed E-state index contributed by atoms with van der Waals surface area (Å²) in [5, 5.41) is 7.31. The van der Waals surface area contributed by atoms with Gasteiger partial charge in [-0.2, -0.15) is 5.10 Å². The van der Waals surface area contributed by atoms with Gasteiger partial charge in [0.1, 0.15) is 0 Å². The monoisotopic (exact) mass is 454 g/mol. The smallest absolute Gasteiger partial charge is 0.240 e. The van der Waals surface area contributed by atoms with Crippen LogP contribution in [0.2, 0.25) is 0 Å². The molecule has 2 aliphatic rings. The molecule has 170 valence electrons. The van der Waals surface area contributed by atoms with E-state index in [1.165, 1.54) is 0 Å². The van der Waals surface area contributed by atoms with Gasteiger partial charge in [0, 0.05) is 24.4 Å². The van der Waals surface area contributed by atoms with Crippen LogP contribution in [0.5, 0.6) is 0 Å². The molecule has 0 aliphatic heterocycles. The van der Waals surface area contributed by atoms with Crippen molar-refractivity contribution in [1.29, 1.82) is 0 Å². The Morgan fingerprint density at radius 1 is 1.12 bits per heavy atom. The molecule has 0 bridgehead atoms. The molecule has 1 unspecified atom stereocenters. The fourth-order valence-electron chi connectivity index (χ4n) is 4.38. The van der Waals surface area contributed by atoms with Gasteiger partial charge >= 0.3 is 0 Å². The fraction of sp³-hybridized carbons (Fsp3) is 0.417. The first-order chi connectivity index (χ1) is 15.4. The zero-order chi connectivity index (χ0) is 22.6. The van der Waals surface area contributed by atoms with Crippen molar-refractivity contribution < 1.29 is 13.2 Å². The second-order valence-electron chi connectivity index (χ2n) is 8.57. The van der Waals surface area contributed by atoms with Gasteiger partial charge in [-0.1, -0.05) is 42.5 Å². The highest BCUT2D eigenvalue weighted by Gasteiger charge is 2.30. The summed E-state index contributed by atoms with van der Waals surface area (Å²) in [4.78, 5) is 13.0. The topological polar surface area (TPSA) is 93.1 Å². The predicted molar refractivity (Wildman–Crippen MR) is 124 cm³/mol. The Bertz CT molecular complexity index is 1070. The van der Waals surface area contributed by atoms with E-state index in [9.17, 15) is 13.2 Å². The van der Waals surface area contributed by atoms with Crippen LogP contribution in [-0.4, -0.2) is 30.1 Å². The molecular weight excluding hydrogens is 424 g/mol. The van der Waals surface area contributed by atoms with Crippen molar-refractivity contribution in [3.05, 3.63) is 77.5 Å². The van der Waals surface area contributed by atoms with E-state index in [4.69, 9.17) is 0 Å². The fourth-order valence-corrected chi connectivity index (χ4v) is 5.76. The summed E-state index contributed by atoms with van der Waals surface area (Å²) in [6.07, 6.45) is 12.1. The minimum Gasteiger partial charge on any atom is -0.349 e. The van der Waals surface area contributed by atoms with Crippen LogP contribution in [-0.2, 0) is 14.8 Å². The van der Waals surface area contributed by atoms with Crippen molar-refractivity contribution in [2.75, 3.05) is 0 Å². The van der Waals surface area contributed by atoms with Crippen molar-refractivity contribution >= 4 is 15.9 Å². The largest absolute Gasteiger partial charge is 0.349 e. The zero-order valence-electron chi connectivity index (χ0n) is 18.2. The Balaban J connectivity index is 1.26. The number of nitrogens with zero attached hydrogens (tertiary/aromatic N) is 2. The van der Waals surface area contributed by atoms with Crippen LogP contribution in [0.25, 0.3) is 0 Å². The molecule has 1 aromatic heterocycles. The minimum atomic E-state index is -3.57. The number of rotatable bonds is 7. The van der Waals surface area contributed by atoms with Crippen molar-refractivity contribution in [3.63, 3.8) is 0 Å². The second-order valence-corrected chi connectivity index (χ2v) is 10.3. The summed E-state index contributed by atoms with van der Waals surface area (Å²) in [5.41, 5.74) is 1.07. The molecule has 1 saturated carbocycles. The van der Waals surface area contributed by atoms with Gasteiger partial charge in [0.2, 0.25) is 15.9 Å². The number of nitrogens with one attached hydrogen (secondary N) is 2. The van der Waals surface area contributed by atoms with E-state index < -0.39 is 10.0 Å². The quantitative estimate of drug-likeness (QED) is 0.668. The normalized spacial score (nSPS) is 24.5. The maximum absolute atomic E-state index is 12.8. The van der Waals surface area contributed by atoms with Crippen molar-refractivity contribution in [2.24, 2.45) is 5.92 Å². The van der Waals surface area contributed by atoms with E-state index in [0.29, 0.717) is 37.0 Å². The lowest BCUT2D eigenvalue weighted by Gasteiger charge is -2.29. The summed E-state index contributed by atoms with van der Waals surface area (Å²) >= 11 is 0. The lowest BCUT2D eigenvalue weighted by molar-refractivity contribution is -0.126. The molecule has 1 aromatic carbocycles. The Morgan fingerprint density at radius 3 is 2.50 bits per heavy atom. The van der Waals surface area contributed by atoms with E-state index in [2.05, 4.69) is 15.1 Å². The first kappa shape index (κ1) is 22.5. The van der Waals surface area contributed by atoms with Crippen LogP contribution in [0.1, 0.15) is 56.7 Å². The molecule has 1 amide bonds. The van der Waals surface area contributed by atoms with E-state index in [1.54, 1.807) is 18.3 Å². The molecule has 1 heterocycles. The lowest BCUT2D eigenvalue weighted by Crippen LogP contribution is -2.41. The maximum Gasteiger partial charge on any atom is 0.240 e. The number of carbonyl (C=O) groups is 1. The van der Waals surface area contributed by atoms with Gasteiger partial charge in [0.05, 0.1) is 17.0 Å². The first-order valence-electron chi connectivity index (χ1n) is 11.2. The summed E-state index contributed by atoms with van der Waals surface area (Å²) in [7, 11) is -3.57. The Morgan fingerprint density at radius 2 is 1.88 bits per heavy atom. The van der Waals surface area contributed by atoms with Crippen LogP contribution >= 0.6 is 0 Å². The molecule has 0 saturated heterocycles. The number of aromatic nitrogens is 2. The molecule has 8 heteroatoms. The number of carbonyl (C=O) groups excluding carboxylic acids is 1. The van der Waals surface area contributed by atoms with Gasteiger partial charge < -0.3 is 5.32 Å². The molecule has 2 aromatic rings. The molecule has 0 spiro atoms. The van der Waals surface area contributed by atoms with Crippen molar-refractivity contribution in [2.45, 2.75) is 57.2 Å². The average molecular weight is 455 g/mol. The van der Waals surface area contributed by atoms with E-state index in [0.717, 1.165) is 5.56 Å². The zero-order valence-corrected chi connectivity index (χ0v) is 19.0. The molecule has 7 nitrogen and oxygen atoms in total. The highest BCUT2D eigenvalue weighted by molar-refractivity contribution is 7.93. The highest BCUT2D eigenvalue weighted by atomic mass is 32.2. The number of benzene rings is 1. The Hall–Kier alpha value is -2.71. The van der Waals surface area contributed by atoms with Crippen LogP contribution in [0.3, 0.4) is 0 Å². The minimum absolute atomic E-state index is 0.0381. The first-order valence-corrected chi connectivity index (χ1v) is 12.7. The SMILES string of the molecule is C[C@@H](NC(=O)[C@H]1CC[C@H](NS(=O)(=O)C2=CCC(n3cccn3)C=C2)CC1)c1ccccc1. The summed E-state index contributed by atoms with van der Waals surface area (Å²) in [5.74, 6) is -0.0317. The summed E-state index contributed by atoms with van der Waals surface area (Å²) in [6, 6.07) is 11.6. The Labute approximate surface area is 189 Å². The molecular formula is C24H30N4O3S. The number of allylic oxidation sites excluding steroid dienone is 3. The highest BCUT2D eigenvalue weighted by Crippen LogP contribution is 2.28. The number of sulfonamides is 1. The van der Waals surface area contributed by atoms with E-state index >= 15 is 0 Å². The van der Waals surface area contributed by atoms with Crippen LogP contribution in [0, 0.1) is 5.92 Å². The van der Waals surface area contributed by atoms with Crippen LogP contribution in [0.4, 0.5) is 0 Å². The molecule has 0 radical (unpaired) electrons. The standard InChI is InChI=1S/C24H30N4O3S/c1-18(19-6-3-2-4-7-19)26-24(29)20-8-10-21(11-9-20)27-32(30,31)23-14-12-22(13-15-23)28-17-5-16-25-28/h2-7,12,14-18,20-22,27H,8-11,13H2,1H3,(H,26,29)/t18-,20-,21-,22?/m1/s1. The average Bonchev–Trinajstić information content (AvgIpc) is 3.35. The molecule has 32 heavy (non-hydrogen) atoms. The Kier molecular flexibility index (Phi) is 6.91.